The predicted octanol–water partition coefficient (Wildman–Crippen LogP) is 6.63. The summed E-state index contributed by atoms with van der Waals surface area (Å²) >= 11 is 2.12. The molecule has 0 unspecified atom stereocenters. The van der Waals surface area contributed by atoms with Gasteiger partial charge in [-0.3, -0.25) is 4.79 Å². The van der Waals surface area contributed by atoms with E-state index in [0.29, 0.717) is 24.0 Å². The lowest BCUT2D eigenvalue weighted by Crippen LogP contribution is -2.28. The number of carbonyl (C=O) groups is 1. The van der Waals surface area contributed by atoms with E-state index in [9.17, 15) is 4.79 Å². The van der Waals surface area contributed by atoms with Crippen LogP contribution in [-0.4, -0.2) is 34.8 Å². The van der Waals surface area contributed by atoms with E-state index in [1.54, 1.807) is 5.57 Å². The number of rotatable bonds is 15. The van der Waals surface area contributed by atoms with Gasteiger partial charge in [-0.2, -0.15) is 11.8 Å². The molecule has 2 saturated heterocycles. The summed E-state index contributed by atoms with van der Waals surface area (Å²) in [5.41, 5.74) is 1.63. The number of thioether (sulfide) groups is 1. The quantitative estimate of drug-likeness (QED) is 0.244. The van der Waals surface area contributed by atoms with Crippen molar-refractivity contribution in [3.05, 3.63) is 23.8 Å². The maximum atomic E-state index is 10.6. The Morgan fingerprint density at radius 2 is 1.86 bits per heavy atom. The van der Waals surface area contributed by atoms with Gasteiger partial charge in [0.1, 0.15) is 0 Å². The molecular weight excluding hydrogens is 368 g/mol. The topological polar surface area (TPSA) is 46.5 Å². The molecule has 2 fully saturated rings. The number of hydrogen-bond acceptors (Lipinski definition) is 3. The second kappa shape index (κ2) is 13.5. The molecule has 0 aromatic carbocycles. The molecule has 0 amide bonds. The lowest BCUT2D eigenvalue weighted by atomic mass is 9.78. The molecule has 0 aromatic rings. The number of carboxylic acid groups (broad SMARTS) is 1. The van der Waals surface area contributed by atoms with Crippen LogP contribution in [0.15, 0.2) is 23.8 Å². The molecule has 2 heterocycles. The molecule has 2 rings (SSSR count). The number of hydrogen-bond donors (Lipinski definition) is 1. The van der Waals surface area contributed by atoms with Crippen LogP contribution >= 0.6 is 11.8 Å². The van der Waals surface area contributed by atoms with Crippen molar-refractivity contribution in [1.29, 1.82) is 0 Å². The van der Waals surface area contributed by atoms with Gasteiger partial charge in [0, 0.05) is 6.42 Å². The van der Waals surface area contributed by atoms with Gasteiger partial charge >= 0.3 is 5.97 Å². The molecule has 2 bridgehead atoms. The first kappa shape index (κ1) is 23.5. The molecule has 1 N–H and O–H groups in total. The SMILES string of the molecule is CCCCC=C(CC)CCSC[C@H]1[C@@H](C/C=C\CCCC(=O)O)[C@H]2CC[C@@H]1O2. The Balaban J connectivity index is 1.69. The highest BCUT2D eigenvalue weighted by molar-refractivity contribution is 7.99. The Hall–Kier alpha value is -0.740. The summed E-state index contributed by atoms with van der Waals surface area (Å²) in [5, 5.41) is 8.71. The minimum absolute atomic E-state index is 0.271. The highest BCUT2D eigenvalue weighted by atomic mass is 32.2. The number of ether oxygens (including phenoxy) is 1. The van der Waals surface area contributed by atoms with Gasteiger partial charge in [-0.15, -0.1) is 0 Å². The van der Waals surface area contributed by atoms with Gasteiger partial charge in [0.2, 0.25) is 0 Å². The predicted molar refractivity (Wildman–Crippen MR) is 120 cm³/mol. The van der Waals surface area contributed by atoms with Crippen LogP contribution in [0.1, 0.15) is 84.5 Å². The summed E-state index contributed by atoms with van der Waals surface area (Å²) in [4.78, 5) is 10.6. The maximum Gasteiger partial charge on any atom is 0.303 e. The molecule has 160 valence electrons. The third kappa shape index (κ3) is 7.94. The third-order valence-electron chi connectivity index (χ3n) is 6.25. The average molecular weight is 409 g/mol. The molecule has 28 heavy (non-hydrogen) atoms. The van der Waals surface area contributed by atoms with Crippen LogP contribution in [0, 0.1) is 11.8 Å². The molecule has 0 saturated carbocycles. The standard InChI is InChI=1S/C24H40O3S/c1-3-5-8-11-19(4-2)16-17-28-18-21-20(22-14-15-23(21)27-22)12-9-6-7-10-13-24(25)26/h6,9,11,20-23H,3-5,7-8,10,12-18H2,1-2H3,(H,25,26)/b9-6-,19-11?/t20-,21+,22-,23+/m1/s1. The van der Waals surface area contributed by atoms with E-state index in [4.69, 9.17) is 9.84 Å². The van der Waals surface area contributed by atoms with Crippen molar-refractivity contribution in [2.24, 2.45) is 11.8 Å². The monoisotopic (exact) mass is 408 g/mol. The first-order valence-corrected chi connectivity index (χ1v) is 12.6. The van der Waals surface area contributed by atoms with Crippen molar-refractivity contribution in [2.75, 3.05) is 11.5 Å². The molecule has 0 spiro atoms. The Labute approximate surface area is 176 Å². The van der Waals surface area contributed by atoms with E-state index in [0.717, 1.165) is 19.3 Å². The number of fused-ring (bicyclic) bond motifs is 2. The fraction of sp³-hybridized carbons (Fsp3) is 0.792. The molecule has 2 aliphatic rings. The van der Waals surface area contributed by atoms with E-state index < -0.39 is 5.97 Å². The van der Waals surface area contributed by atoms with E-state index >= 15 is 0 Å². The highest BCUT2D eigenvalue weighted by Gasteiger charge is 2.47. The van der Waals surface area contributed by atoms with Gasteiger partial charge in [-0.05, 0) is 74.7 Å². The minimum Gasteiger partial charge on any atom is -0.481 e. The van der Waals surface area contributed by atoms with Gasteiger partial charge in [0.25, 0.3) is 0 Å². The normalized spacial score (nSPS) is 27.1. The smallest absolute Gasteiger partial charge is 0.303 e. The fourth-order valence-corrected chi connectivity index (χ4v) is 5.83. The summed E-state index contributed by atoms with van der Waals surface area (Å²) in [6, 6.07) is 0. The van der Waals surface area contributed by atoms with E-state index in [1.165, 1.54) is 56.5 Å². The van der Waals surface area contributed by atoms with Crippen molar-refractivity contribution < 1.29 is 14.6 Å². The summed E-state index contributed by atoms with van der Waals surface area (Å²) < 4.78 is 6.24. The van der Waals surface area contributed by atoms with Crippen LogP contribution in [0.3, 0.4) is 0 Å². The van der Waals surface area contributed by atoms with Gasteiger partial charge < -0.3 is 9.84 Å². The zero-order valence-electron chi connectivity index (χ0n) is 17.9. The summed E-state index contributed by atoms with van der Waals surface area (Å²) in [5.74, 6) is 3.12. The van der Waals surface area contributed by atoms with Crippen molar-refractivity contribution in [1.82, 2.24) is 0 Å². The van der Waals surface area contributed by atoms with Gasteiger partial charge in [0.15, 0.2) is 0 Å². The average Bonchev–Trinajstić information content (AvgIpc) is 3.28. The van der Waals surface area contributed by atoms with E-state index in [-0.39, 0.29) is 6.42 Å². The molecule has 2 aliphatic heterocycles. The summed E-state index contributed by atoms with van der Waals surface area (Å²) in [6.07, 6.45) is 19.6. The second-order valence-electron chi connectivity index (χ2n) is 8.29. The van der Waals surface area contributed by atoms with Gasteiger partial charge in [-0.25, -0.2) is 0 Å². The molecular formula is C24H40O3S. The van der Waals surface area contributed by atoms with Crippen molar-refractivity contribution in [3.63, 3.8) is 0 Å². The molecule has 0 radical (unpaired) electrons. The number of aliphatic carboxylic acids is 1. The largest absolute Gasteiger partial charge is 0.481 e. The Morgan fingerprint density at radius 3 is 2.57 bits per heavy atom. The first-order valence-electron chi connectivity index (χ1n) is 11.4. The molecule has 4 heteroatoms. The molecule has 0 aromatic heterocycles. The van der Waals surface area contributed by atoms with Crippen LogP contribution in [0.2, 0.25) is 0 Å². The van der Waals surface area contributed by atoms with Crippen LogP contribution < -0.4 is 0 Å². The van der Waals surface area contributed by atoms with E-state index in [2.05, 4.69) is 43.8 Å². The van der Waals surface area contributed by atoms with Crippen LogP contribution in [0.4, 0.5) is 0 Å². The number of unbranched alkanes of at least 4 members (excludes halogenated alkanes) is 3. The van der Waals surface area contributed by atoms with E-state index in [1.807, 2.05) is 0 Å². The summed E-state index contributed by atoms with van der Waals surface area (Å²) in [7, 11) is 0. The Morgan fingerprint density at radius 1 is 1.07 bits per heavy atom. The fourth-order valence-electron chi connectivity index (χ4n) is 4.53. The molecule has 0 aliphatic carbocycles. The zero-order valence-corrected chi connectivity index (χ0v) is 18.7. The van der Waals surface area contributed by atoms with Crippen molar-refractivity contribution >= 4 is 17.7 Å². The molecule has 3 nitrogen and oxygen atoms in total. The second-order valence-corrected chi connectivity index (χ2v) is 9.44. The Kier molecular flexibility index (Phi) is 11.3. The van der Waals surface area contributed by atoms with Crippen LogP contribution in [0.25, 0.3) is 0 Å². The third-order valence-corrected chi connectivity index (χ3v) is 7.36. The van der Waals surface area contributed by atoms with Gasteiger partial charge in [0.05, 0.1) is 12.2 Å². The van der Waals surface area contributed by atoms with Gasteiger partial charge in [-0.1, -0.05) is 50.5 Å². The van der Waals surface area contributed by atoms with Crippen molar-refractivity contribution in [2.45, 2.75) is 96.7 Å². The zero-order chi connectivity index (χ0) is 20.2. The van der Waals surface area contributed by atoms with Crippen LogP contribution in [0.5, 0.6) is 0 Å². The first-order chi connectivity index (χ1) is 13.7. The Bertz CT molecular complexity index is 514. The maximum absolute atomic E-state index is 10.6. The lowest BCUT2D eigenvalue weighted by molar-refractivity contribution is -0.137. The molecule has 4 atom stereocenters. The van der Waals surface area contributed by atoms with Crippen LogP contribution in [-0.2, 0) is 9.53 Å². The highest BCUT2D eigenvalue weighted by Crippen LogP contribution is 2.46. The summed E-state index contributed by atoms with van der Waals surface area (Å²) in [6.45, 7) is 4.54. The van der Waals surface area contributed by atoms with Crippen molar-refractivity contribution in [3.8, 4) is 0 Å². The number of carboxylic acids is 1. The number of allylic oxidation sites excluding steroid dienone is 4. The lowest BCUT2D eigenvalue weighted by Gasteiger charge is -2.27. The minimum atomic E-state index is -0.696.